The van der Waals surface area contributed by atoms with Crippen LogP contribution in [0.25, 0.3) is 21.7 Å². The highest BCUT2D eigenvalue weighted by molar-refractivity contribution is 6.11. The van der Waals surface area contributed by atoms with Crippen molar-refractivity contribution in [3.05, 3.63) is 72.0 Å². The van der Waals surface area contributed by atoms with Crippen LogP contribution < -0.4 is 15.4 Å². The van der Waals surface area contributed by atoms with Gasteiger partial charge in [0.25, 0.3) is 11.8 Å². The predicted octanol–water partition coefficient (Wildman–Crippen LogP) is 4.66. The lowest BCUT2D eigenvalue weighted by Crippen LogP contribution is -2.28. The number of carbonyl (C=O) groups is 2. The standard InChI is InChI=1S/C24H22N2O4/c1-3-25-21(27)14-29-18-11-9-17(10-12-18)26-24(28)22-15(2)19-13-8-16-6-4-5-7-20(16)23(19)30-22/h4-13H,3,14H2,1-2H3,(H,25,27)(H,26,28). The molecule has 0 radical (unpaired) electrons. The van der Waals surface area contributed by atoms with Crippen molar-refractivity contribution in [3.8, 4) is 5.75 Å². The molecule has 1 heterocycles. The highest BCUT2D eigenvalue weighted by Crippen LogP contribution is 2.32. The number of carbonyl (C=O) groups excluding carboxylic acids is 2. The van der Waals surface area contributed by atoms with Crippen molar-refractivity contribution in [2.24, 2.45) is 0 Å². The number of fused-ring (bicyclic) bond motifs is 3. The molecule has 0 aliphatic carbocycles. The Morgan fingerprint density at radius 1 is 0.967 bits per heavy atom. The van der Waals surface area contributed by atoms with Gasteiger partial charge in [0.05, 0.1) is 0 Å². The molecule has 152 valence electrons. The molecule has 1 aromatic heterocycles. The molecule has 0 atom stereocenters. The zero-order valence-electron chi connectivity index (χ0n) is 16.8. The van der Waals surface area contributed by atoms with Crippen molar-refractivity contribution >= 4 is 39.2 Å². The average molecular weight is 402 g/mol. The Bertz CT molecular complexity index is 1230. The largest absolute Gasteiger partial charge is 0.484 e. The van der Waals surface area contributed by atoms with Crippen LogP contribution in [0.1, 0.15) is 23.0 Å². The van der Waals surface area contributed by atoms with E-state index in [4.69, 9.17) is 9.15 Å². The number of amides is 2. The normalized spacial score (nSPS) is 10.9. The molecule has 6 nitrogen and oxygen atoms in total. The molecule has 30 heavy (non-hydrogen) atoms. The molecule has 0 aliphatic rings. The molecule has 0 aliphatic heterocycles. The Balaban J connectivity index is 1.51. The maximum Gasteiger partial charge on any atom is 0.291 e. The van der Waals surface area contributed by atoms with Crippen LogP contribution in [-0.4, -0.2) is 25.0 Å². The van der Waals surface area contributed by atoms with Gasteiger partial charge in [-0.05, 0) is 43.5 Å². The maximum absolute atomic E-state index is 12.8. The molecule has 0 unspecified atom stereocenters. The Morgan fingerprint density at radius 2 is 1.73 bits per heavy atom. The SMILES string of the molecule is CCNC(=O)COc1ccc(NC(=O)c2oc3c(ccc4ccccc43)c2C)cc1. The number of likely N-dealkylation sites (N-methyl/N-ethyl adjacent to an activating group) is 1. The summed E-state index contributed by atoms with van der Waals surface area (Å²) in [7, 11) is 0. The minimum Gasteiger partial charge on any atom is -0.484 e. The van der Waals surface area contributed by atoms with E-state index in [9.17, 15) is 9.59 Å². The Morgan fingerprint density at radius 3 is 2.50 bits per heavy atom. The molecule has 0 spiro atoms. The summed E-state index contributed by atoms with van der Waals surface area (Å²) in [6, 6.07) is 18.8. The van der Waals surface area contributed by atoms with Crippen LogP contribution in [0, 0.1) is 6.92 Å². The zero-order valence-corrected chi connectivity index (χ0v) is 16.8. The third-order valence-electron chi connectivity index (χ3n) is 4.89. The van der Waals surface area contributed by atoms with Crippen LogP contribution >= 0.6 is 0 Å². The highest BCUT2D eigenvalue weighted by Gasteiger charge is 2.19. The van der Waals surface area contributed by atoms with Crippen LogP contribution in [-0.2, 0) is 4.79 Å². The fourth-order valence-electron chi connectivity index (χ4n) is 3.39. The van der Waals surface area contributed by atoms with Crippen molar-refractivity contribution in [1.29, 1.82) is 0 Å². The number of hydrogen-bond acceptors (Lipinski definition) is 4. The minimum atomic E-state index is -0.316. The monoisotopic (exact) mass is 402 g/mol. The van der Waals surface area contributed by atoms with Gasteiger partial charge in [-0.2, -0.15) is 0 Å². The number of ether oxygens (including phenoxy) is 1. The van der Waals surface area contributed by atoms with Crippen LogP contribution in [0.15, 0.2) is 65.1 Å². The zero-order chi connectivity index (χ0) is 21.1. The lowest BCUT2D eigenvalue weighted by Gasteiger charge is -2.08. The van der Waals surface area contributed by atoms with E-state index in [2.05, 4.69) is 10.6 Å². The topological polar surface area (TPSA) is 80.6 Å². The first kappa shape index (κ1) is 19.5. The molecular formula is C24H22N2O4. The Labute approximate surface area is 173 Å². The van der Waals surface area contributed by atoms with Gasteiger partial charge in [0, 0.05) is 28.6 Å². The molecule has 6 heteroatoms. The van der Waals surface area contributed by atoms with Gasteiger partial charge in [0.1, 0.15) is 11.3 Å². The quantitative estimate of drug-likeness (QED) is 0.491. The molecular weight excluding hydrogens is 380 g/mol. The number of furan rings is 1. The molecule has 0 saturated heterocycles. The predicted molar refractivity (Wildman–Crippen MR) is 117 cm³/mol. The third-order valence-corrected chi connectivity index (χ3v) is 4.89. The third kappa shape index (κ3) is 3.85. The first-order chi connectivity index (χ1) is 14.6. The second-order valence-electron chi connectivity index (χ2n) is 6.94. The van der Waals surface area contributed by atoms with E-state index in [0.717, 1.165) is 21.7 Å². The van der Waals surface area contributed by atoms with Gasteiger partial charge in [-0.1, -0.05) is 36.4 Å². The summed E-state index contributed by atoms with van der Waals surface area (Å²) in [6.45, 7) is 4.24. The number of benzene rings is 3. The second kappa shape index (κ2) is 8.29. The van der Waals surface area contributed by atoms with Gasteiger partial charge >= 0.3 is 0 Å². The van der Waals surface area contributed by atoms with Gasteiger partial charge in [0.15, 0.2) is 12.4 Å². The highest BCUT2D eigenvalue weighted by atomic mass is 16.5. The van der Waals surface area contributed by atoms with Crippen LogP contribution in [0.2, 0.25) is 0 Å². The maximum atomic E-state index is 12.8. The van der Waals surface area contributed by atoms with Crippen molar-refractivity contribution in [3.63, 3.8) is 0 Å². The molecule has 0 fully saturated rings. The summed E-state index contributed by atoms with van der Waals surface area (Å²) in [5.74, 6) is 0.343. The number of rotatable bonds is 6. The molecule has 3 aromatic carbocycles. The molecule has 2 N–H and O–H groups in total. The van der Waals surface area contributed by atoms with Crippen LogP contribution in [0.4, 0.5) is 5.69 Å². The summed E-state index contributed by atoms with van der Waals surface area (Å²) in [4.78, 5) is 24.3. The first-order valence-corrected chi connectivity index (χ1v) is 9.78. The average Bonchev–Trinajstić information content (AvgIpc) is 3.10. The van der Waals surface area contributed by atoms with E-state index in [1.54, 1.807) is 24.3 Å². The number of hydrogen-bond donors (Lipinski definition) is 2. The van der Waals surface area contributed by atoms with Crippen molar-refractivity contribution in [2.75, 3.05) is 18.5 Å². The van der Waals surface area contributed by atoms with Crippen LogP contribution in [0.5, 0.6) is 5.75 Å². The van der Waals surface area contributed by atoms with Crippen LogP contribution in [0.3, 0.4) is 0 Å². The van der Waals surface area contributed by atoms with Gasteiger partial charge in [-0.15, -0.1) is 0 Å². The number of aryl methyl sites for hydroxylation is 1. The van der Waals surface area contributed by atoms with E-state index < -0.39 is 0 Å². The van der Waals surface area contributed by atoms with Gasteiger partial charge in [-0.3, -0.25) is 9.59 Å². The number of nitrogens with one attached hydrogen (secondary N) is 2. The van der Waals surface area contributed by atoms with Crippen molar-refractivity contribution in [2.45, 2.75) is 13.8 Å². The van der Waals surface area contributed by atoms with Crippen molar-refractivity contribution < 1.29 is 18.7 Å². The summed E-state index contributed by atoms with van der Waals surface area (Å²) in [5, 5.41) is 8.49. The van der Waals surface area contributed by atoms with E-state index >= 15 is 0 Å². The second-order valence-corrected chi connectivity index (χ2v) is 6.94. The molecule has 0 saturated carbocycles. The number of anilines is 1. The summed E-state index contributed by atoms with van der Waals surface area (Å²) in [6.07, 6.45) is 0. The molecule has 0 bridgehead atoms. The molecule has 4 aromatic rings. The van der Waals surface area contributed by atoms with Gasteiger partial charge < -0.3 is 19.8 Å². The molecule has 4 rings (SSSR count). The van der Waals surface area contributed by atoms with Gasteiger partial charge in [-0.25, -0.2) is 0 Å². The fraction of sp³-hybridized carbons (Fsp3) is 0.167. The summed E-state index contributed by atoms with van der Waals surface area (Å²) < 4.78 is 11.4. The van der Waals surface area contributed by atoms with E-state index in [1.165, 1.54) is 0 Å². The Hall–Kier alpha value is -3.80. The van der Waals surface area contributed by atoms with E-state index in [-0.39, 0.29) is 24.2 Å². The Kier molecular flexibility index (Phi) is 5.39. The molecule has 2 amide bonds. The lowest BCUT2D eigenvalue weighted by atomic mass is 10.1. The lowest BCUT2D eigenvalue weighted by molar-refractivity contribution is -0.122. The summed E-state index contributed by atoms with van der Waals surface area (Å²) in [5.41, 5.74) is 2.12. The fourth-order valence-corrected chi connectivity index (χ4v) is 3.39. The van der Waals surface area contributed by atoms with E-state index in [0.29, 0.717) is 23.6 Å². The summed E-state index contributed by atoms with van der Waals surface area (Å²) >= 11 is 0. The smallest absolute Gasteiger partial charge is 0.291 e. The van der Waals surface area contributed by atoms with Crippen molar-refractivity contribution in [1.82, 2.24) is 5.32 Å². The minimum absolute atomic E-state index is 0.0499. The van der Waals surface area contributed by atoms with E-state index in [1.807, 2.05) is 50.2 Å². The van der Waals surface area contributed by atoms with Gasteiger partial charge in [0.2, 0.25) is 0 Å². The first-order valence-electron chi connectivity index (χ1n) is 9.78.